The predicted molar refractivity (Wildman–Crippen MR) is 123 cm³/mol. The van der Waals surface area contributed by atoms with Crippen LogP contribution in [0.3, 0.4) is 0 Å². The van der Waals surface area contributed by atoms with Gasteiger partial charge in [-0.15, -0.1) is 0 Å². The van der Waals surface area contributed by atoms with Crippen molar-refractivity contribution in [2.24, 2.45) is 0 Å². The molecule has 1 saturated heterocycles. The topological polar surface area (TPSA) is 64.4 Å². The quantitative estimate of drug-likeness (QED) is 0.415. The lowest BCUT2D eigenvalue weighted by molar-refractivity contribution is -0.134. The molecule has 0 radical (unpaired) electrons. The van der Waals surface area contributed by atoms with Crippen molar-refractivity contribution in [2.75, 3.05) is 26.3 Å². The molecule has 0 bridgehead atoms. The molecule has 2 heterocycles. The Labute approximate surface area is 186 Å². The molecule has 0 saturated carbocycles. The molecule has 1 aromatic heterocycles. The van der Waals surface area contributed by atoms with Crippen LogP contribution in [0.4, 0.5) is 0 Å². The summed E-state index contributed by atoms with van der Waals surface area (Å²) in [4.78, 5) is 33.4. The molecule has 7 heteroatoms. The third-order valence-electron chi connectivity index (χ3n) is 5.43. The maximum absolute atomic E-state index is 13.5. The Balaban J connectivity index is 1.76. The van der Waals surface area contributed by atoms with Gasteiger partial charge in [-0.3, -0.25) is 14.2 Å². The minimum absolute atomic E-state index is 0.0314. The first-order valence-electron chi connectivity index (χ1n) is 10.8. The summed E-state index contributed by atoms with van der Waals surface area (Å²) in [6.45, 7) is 4.94. The molecule has 1 unspecified atom stereocenters. The first-order chi connectivity index (χ1) is 15.2. The van der Waals surface area contributed by atoms with E-state index in [0.717, 1.165) is 18.4 Å². The third kappa shape index (κ3) is 4.83. The summed E-state index contributed by atoms with van der Waals surface area (Å²) >= 11 is 1.37. The van der Waals surface area contributed by atoms with Crippen LogP contribution in [0.2, 0.25) is 0 Å². The maximum atomic E-state index is 13.5. The second kappa shape index (κ2) is 10.1. The summed E-state index contributed by atoms with van der Waals surface area (Å²) in [5.41, 5.74) is 1.52. The van der Waals surface area contributed by atoms with Crippen molar-refractivity contribution in [2.45, 2.75) is 36.7 Å². The Morgan fingerprint density at radius 1 is 1.10 bits per heavy atom. The van der Waals surface area contributed by atoms with Crippen LogP contribution >= 0.6 is 11.8 Å². The zero-order valence-corrected chi connectivity index (χ0v) is 18.5. The van der Waals surface area contributed by atoms with Crippen LogP contribution in [0, 0.1) is 0 Å². The van der Waals surface area contributed by atoms with Gasteiger partial charge in [-0.25, -0.2) is 4.98 Å². The normalized spacial score (nSPS) is 15.2. The summed E-state index contributed by atoms with van der Waals surface area (Å²) in [7, 11) is 0. The van der Waals surface area contributed by atoms with E-state index in [-0.39, 0.29) is 11.5 Å². The molecular weight excluding hydrogens is 410 g/mol. The first kappa shape index (κ1) is 21.6. The number of carbonyl (C=O) groups excluding carboxylic acids is 1. The minimum Gasteiger partial charge on any atom is -0.378 e. The Bertz CT molecular complexity index is 1090. The predicted octanol–water partition coefficient (Wildman–Crippen LogP) is 3.89. The third-order valence-corrected chi connectivity index (χ3v) is 6.67. The van der Waals surface area contributed by atoms with E-state index in [1.165, 1.54) is 11.8 Å². The molecule has 2 aromatic carbocycles. The lowest BCUT2D eigenvalue weighted by atomic mass is 10.1. The van der Waals surface area contributed by atoms with E-state index in [1.807, 2.05) is 59.5 Å². The van der Waals surface area contributed by atoms with E-state index in [9.17, 15) is 9.59 Å². The molecule has 0 N–H and O–H groups in total. The first-order valence-corrected chi connectivity index (χ1v) is 11.6. The number of carbonyl (C=O) groups is 1. The molecule has 162 valence electrons. The summed E-state index contributed by atoms with van der Waals surface area (Å²) < 4.78 is 7.16. The van der Waals surface area contributed by atoms with Crippen molar-refractivity contribution < 1.29 is 9.53 Å². The number of hydrogen-bond acceptors (Lipinski definition) is 5. The molecule has 1 amide bonds. The fourth-order valence-electron chi connectivity index (χ4n) is 3.69. The molecule has 1 aliphatic heterocycles. The van der Waals surface area contributed by atoms with Gasteiger partial charge in [-0.05, 0) is 24.1 Å². The zero-order chi connectivity index (χ0) is 21.6. The molecule has 6 nitrogen and oxygen atoms in total. The molecule has 1 atom stereocenters. The van der Waals surface area contributed by atoms with Gasteiger partial charge in [0, 0.05) is 19.6 Å². The minimum atomic E-state index is -0.472. The van der Waals surface area contributed by atoms with Gasteiger partial charge in [0.05, 0.1) is 24.1 Å². The number of thioether (sulfide) groups is 1. The number of aromatic nitrogens is 2. The SMILES string of the molecule is CCCCn1c(SC(C(=O)N2CCOCC2)c2ccccc2)nc2ccccc2c1=O. The fourth-order valence-corrected chi connectivity index (χ4v) is 4.90. The number of unbranched alkanes of at least 4 members (excludes halogenated alkanes) is 1. The van der Waals surface area contributed by atoms with Gasteiger partial charge in [0.25, 0.3) is 5.56 Å². The molecule has 3 aromatic rings. The van der Waals surface area contributed by atoms with Gasteiger partial charge in [0.2, 0.25) is 5.91 Å². The highest BCUT2D eigenvalue weighted by molar-refractivity contribution is 8.00. The van der Waals surface area contributed by atoms with Crippen LogP contribution in [0.1, 0.15) is 30.6 Å². The summed E-state index contributed by atoms with van der Waals surface area (Å²) in [6.07, 6.45) is 1.85. The highest BCUT2D eigenvalue weighted by Gasteiger charge is 2.30. The summed E-state index contributed by atoms with van der Waals surface area (Å²) in [6, 6.07) is 17.2. The van der Waals surface area contributed by atoms with Crippen LogP contribution < -0.4 is 5.56 Å². The average molecular weight is 438 g/mol. The molecule has 0 spiro atoms. The molecule has 1 fully saturated rings. The van der Waals surface area contributed by atoms with Crippen LogP contribution in [0.25, 0.3) is 10.9 Å². The van der Waals surface area contributed by atoms with E-state index >= 15 is 0 Å². The van der Waals surface area contributed by atoms with Gasteiger partial charge >= 0.3 is 0 Å². The number of amides is 1. The van der Waals surface area contributed by atoms with Crippen molar-refractivity contribution in [3.8, 4) is 0 Å². The van der Waals surface area contributed by atoms with Gasteiger partial charge in [-0.2, -0.15) is 0 Å². The standard InChI is InChI=1S/C24H27N3O3S/c1-2-3-13-27-22(28)19-11-7-8-12-20(19)25-24(27)31-21(18-9-5-4-6-10-18)23(29)26-14-16-30-17-15-26/h4-12,21H,2-3,13-17H2,1H3. The van der Waals surface area contributed by atoms with Crippen molar-refractivity contribution in [1.82, 2.24) is 14.5 Å². The fraction of sp³-hybridized carbons (Fsp3) is 0.375. The molecule has 4 rings (SSSR count). The van der Waals surface area contributed by atoms with Crippen LogP contribution in [-0.2, 0) is 16.1 Å². The Morgan fingerprint density at radius 2 is 1.81 bits per heavy atom. The van der Waals surface area contributed by atoms with E-state index < -0.39 is 5.25 Å². The molecule has 0 aliphatic carbocycles. The van der Waals surface area contributed by atoms with E-state index in [4.69, 9.17) is 9.72 Å². The second-order valence-electron chi connectivity index (χ2n) is 7.57. The van der Waals surface area contributed by atoms with Crippen LogP contribution in [0.15, 0.2) is 64.5 Å². The Kier molecular flexibility index (Phi) is 7.04. The van der Waals surface area contributed by atoms with E-state index in [2.05, 4.69) is 6.92 Å². The maximum Gasteiger partial charge on any atom is 0.262 e. The second-order valence-corrected chi connectivity index (χ2v) is 8.64. The van der Waals surface area contributed by atoms with Gasteiger partial charge < -0.3 is 9.64 Å². The van der Waals surface area contributed by atoms with Crippen molar-refractivity contribution >= 4 is 28.6 Å². The van der Waals surface area contributed by atoms with E-state index in [0.29, 0.717) is 48.9 Å². The van der Waals surface area contributed by atoms with E-state index in [1.54, 1.807) is 4.57 Å². The van der Waals surface area contributed by atoms with Crippen LogP contribution in [-0.4, -0.2) is 46.7 Å². The number of benzene rings is 2. The molecular formula is C24H27N3O3S. The lowest BCUT2D eigenvalue weighted by Gasteiger charge is -2.30. The van der Waals surface area contributed by atoms with Gasteiger partial charge in [0.15, 0.2) is 5.16 Å². The smallest absolute Gasteiger partial charge is 0.262 e. The number of para-hydroxylation sites is 1. The largest absolute Gasteiger partial charge is 0.378 e. The molecule has 31 heavy (non-hydrogen) atoms. The lowest BCUT2D eigenvalue weighted by Crippen LogP contribution is -2.42. The number of hydrogen-bond donors (Lipinski definition) is 0. The number of ether oxygens (including phenoxy) is 1. The monoisotopic (exact) mass is 437 g/mol. The Hall–Kier alpha value is -2.64. The highest BCUT2D eigenvalue weighted by atomic mass is 32.2. The summed E-state index contributed by atoms with van der Waals surface area (Å²) in [5, 5.41) is 0.728. The average Bonchev–Trinajstić information content (AvgIpc) is 2.83. The summed E-state index contributed by atoms with van der Waals surface area (Å²) in [5.74, 6) is 0.0314. The Morgan fingerprint density at radius 3 is 2.55 bits per heavy atom. The van der Waals surface area contributed by atoms with Gasteiger partial charge in [-0.1, -0.05) is 67.6 Å². The van der Waals surface area contributed by atoms with Gasteiger partial charge in [0.1, 0.15) is 5.25 Å². The number of nitrogens with zero attached hydrogens (tertiary/aromatic N) is 3. The van der Waals surface area contributed by atoms with Crippen LogP contribution in [0.5, 0.6) is 0 Å². The van der Waals surface area contributed by atoms with Crippen molar-refractivity contribution in [1.29, 1.82) is 0 Å². The van der Waals surface area contributed by atoms with Crippen molar-refractivity contribution in [3.05, 3.63) is 70.5 Å². The zero-order valence-electron chi connectivity index (χ0n) is 17.7. The number of fused-ring (bicyclic) bond motifs is 1. The molecule has 1 aliphatic rings. The van der Waals surface area contributed by atoms with Crippen molar-refractivity contribution in [3.63, 3.8) is 0 Å². The number of rotatable bonds is 7. The highest BCUT2D eigenvalue weighted by Crippen LogP contribution is 2.36. The number of morpholine rings is 1.